The smallest absolute Gasteiger partial charge is 0.430 e. The molecule has 1 heterocycles. The Hall–Kier alpha value is -3.55. The molecule has 1 atom stereocenters. The molecule has 3 amide bonds. The Morgan fingerprint density at radius 3 is 2.32 bits per heavy atom. The second kappa shape index (κ2) is 7.99. The minimum atomic E-state index is -1.66. The minimum Gasteiger partial charge on any atom is -0.449 e. The van der Waals surface area contributed by atoms with Gasteiger partial charge in [-0.15, -0.1) is 0 Å². The van der Waals surface area contributed by atoms with Gasteiger partial charge in [-0.3, -0.25) is 4.79 Å². The molecule has 1 aliphatic rings. The lowest BCUT2D eigenvalue weighted by atomic mass is 9.83. The van der Waals surface area contributed by atoms with Crippen LogP contribution in [0, 0.1) is 0 Å². The molecule has 0 fully saturated rings. The van der Waals surface area contributed by atoms with E-state index < -0.39 is 23.6 Å². The van der Waals surface area contributed by atoms with Crippen LogP contribution in [0.1, 0.15) is 25.0 Å². The number of fused-ring (bicyclic) bond motifs is 1. The molecule has 3 rings (SSSR count). The van der Waals surface area contributed by atoms with Gasteiger partial charge in [-0.1, -0.05) is 48.5 Å². The van der Waals surface area contributed by atoms with E-state index in [0.717, 1.165) is 5.01 Å². The van der Waals surface area contributed by atoms with Crippen molar-refractivity contribution in [2.75, 3.05) is 18.5 Å². The van der Waals surface area contributed by atoms with E-state index in [1.165, 1.54) is 0 Å². The first-order valence-corrected chi connectivity index (χ1v) is 8.92. The zero-order valence-corrected chi connectivity index (χ0v) is 15.6. The summed E-state index contributed by atoms with van der Waals surface area (Å²) in [7, 11) is 0. The Bertz CT molecular complexity index is 886. The second-order valence-corrected chi connectivity index (χ2v) is 5.94. The number of carbonyl (C=O) groups is 3. The molecule has 0 bridgehead atoms. The quantitative estimate of drug-likeness (QED) is 0.791. The third-order valence-corrected chi connectivity index (χ3v) is 4.35. The van der Waals surface area contributed by atoms with Crippen molar-refractivity contribution in [1.29, 1.82) is 0 Å². The highest BCUT2D eigenvalue weighted by molar-refractivity contribution is 6.10. The number of hydrogen-bond acceptors (Lipinski definition) is 5. The number of carbonyl (C=O) groups excluding carboxylic acids is 3. The fourth-order valence-corrected chi connectivity index (χ4v) is 3.27. The van der Waals surface area contributed by atoms with Crippen LogP contribution in [0.2, 0.25) is 0 Å². The van der Waals surface area contributed by atoms with Crippen LogP contribution in [0.25, 0.3) is 0 Å². The van der Waals surface area contributed by atoms with Crippen LogP contribution in [0.4, 0.5) is 15.3 Å². The first-order chi connectivity index (χ1) is 13.6. The van der Waals surface area contributed by atoms with Crippen molar-refractivity contribution in [3.8, 4) is 0 Å². The highest BCUT2D eigenvalue weighted by Gasteiger charge is 2.56. The molecule has 28 heavy (non-hydrogen) atoms. The molecule has 2 N–H and O–H groups in total. The number of benzene rings is 2. The van der Waals surface area contributed by atoms with Gasteiger partial charge in [0.1, 0.15) is 0 Å². The summed E-state index contributed by atoms with van der Waals surface area (Å²) in [6.45, 7) is 3.44. The Morgan fingerprint density at radius 1 is 1.00 bits per heavy atom. The lowest BCUT2D eigenvalue weighted by Gasteiger charge is -2.38. The molecule has 146 valence electrons. The number of para-hydroxylation sites is 1. The van der Waals surface area contributed by atoms with Gasteiger partial charge in [0.15, 0.2) is 5.54 Å². The molecule has 0 saturated carbocycles. The second-order valence-electron chi connectivity index (χ2n) is 5.94. The number of nitrogens with zero attached hydrogens (tertiary/aromatic N) is 1. The zero-order chi connectivity index (χ0) is 20.1. The van der Waals surface area contributed by atoms with E-state index in [9.17, 15) is 14.4 Å². The molecule has 2 aromatic carbocycles. The van der Waals surface area contributed by atoms with Crippen molar-refractivity contribution >= 4 is 23.8 Å². The van der Waals surface area contributed by atoms with E-state index in [-0.39, 0.29) is 13.2 Å². The molecule has 2 aromatic rings. The van der Waals surface area contributed by atoms with E-state index in [4.69, 9.17) is 9.47 Å². The molecule has 0 unspecified atom stereocenters. The van der Waals surface area contributed by atoms with Gasteiger partial charge in [-0.05, 0) is 25.5 Å². The summed E-state index contributed by atoms with van der Waals surface area (Å²) in [6.07, 6.45) is -1.76. The van der Waals surface area contributed by atoms with Crippen molar-refractivity contribution < 1.29 is 23.9 Å². The monoisotopic (exact) mass is 383 g/mol. The van der Waals surface area contributed by atoms with Crippen LogP contribution in [0.15, 0.2) is 54.6 Å². The first-order valence-electron chi connectivity index (χ1n) is 8.92. The Balaban J connectivity index is 2.23. The van der Waals surface area contributed by atoms with Crippen LogP contribution in [0.3, 0.4) is 0 Å². The molecule has 1 aliphatic heterocycles. The van der Waals surface area contributed by atoms with Crippen LogP contribution in [-0.4, -0.2) is 36.3 Å². The van der Waals surface area contributed by atoms with Crippen molar-refractivity contribution in [3.05, 3.63) is 65.7 Å². The SMILES string of the molecule is CCOC(=O)NN(C(=O)OCC)[C@@]1(c2ccccc2)C(=O)Nc2ccccc21. The van der Waals surface area contributed by atoms with Crippen LogP contribution in [0.5, 0.6) is 0 Å². The molecule has 0 saturated heterocycles. The lowest BCUT2D eigenvalue weighted by Crippen LogP contribution is -2.61. The van der Waals surface area contributed by atoms with Gasteiger partial charge in [0.05, 0.1) is 13.2 Å². The van der Waals surface area contributed by atoms with Gasteiger partial charge in [0.2, 0.25) is 0 Å². The summed E-state index contributed by atoms with van der Waals surface area (Å²) in [5, 5.41) is 3.68. The molecule has 0 aliphatic carbocycles. The van der Waals surface area contributed by atoms with Gasteiger partial charge < -0.3 is 14.8 Å². The third-order valence-electron chi connectivity index (χ3n) is 4.35. The molecule has 8 heteroatoms. The number of anilines is 1. The Morgan fingerprint density at radius 2 is 1.64 bits per heavy atom. The van der Waals surface area contributed by atoms with Crippen molar-refractivity contribution in [2.24, 2.45) is 0 Å². The highest BCUT2D eigenvalue weighted by atomic mass is 16.6. The first kappa shape index (κ1) is 19.2. The summed E-state index contributed by atoms with van der Waals surface area (Å²) in [5.41, 5.74) is 2.27. The zero-order valence-electron chi connectivity index (χ0n) is 15.6. The van der Waals surface area contributed by atoms with Gasteiger partial charge in [0, 0.05) is 11.3 Å². The van der Waals surface area contributed by atoms with Crippen molar-refractivity contribution in [3.63, 3.8) is 0 Å². The maximum atomic E-state index is 13.3. The lowest BCUT2D eigenvalue weighted by molar-refractivity contribution is -0.126. The summed E-state index contributed by atoms with van der Waals surface area (Å²) in [6, 6.07) is 15.7. The molecule has 0 radical (unpaired) electrons. The molecular formula is C20H21N3O5. The number of amides is 3. The fraction of sp³-hybridized carbons (Fsp3) is 0.250. The predicted octanol–water partition coefficient (Wildman–Crippen LogP) is 3.00. The van der Waals surface area contributed by atoms with E-state index in [2.05, 4.69) is 10.7 Å². The Labute approximate surface area is 162 Å². The van der Waals surface area contributed by atoms with Gasteiger partial charge in [0.25, 0.3) is 5.91 Å². The number of nitrogens with one attached hydrogen (secondary N) is 2. The number of ether oxygens (including phenoxy) is 2. The fourth-order valence-electron chi connectivity index (χ4n) is 3.27. The van der Waals surface area contributed by atoms with E-state index in [0.29, 0.717) is 16.8 Å². The maximum Gasteiger partial charge on any atom is 0.430 e. The summed E-state index contributed by atoms with van der Waals surface area (Å²) in [5.74, 6) is -0.496. The van der Waals surface area contributed by atoms with Crippen LogP contribution in [-0.2, 0) is 19.8 Å². The average Bonchev–Trinajstić information content (AvgIpc) is 2.99. The average molecular weight is 383 g/mol. The van der Waals surface area contributed by atoms with Crippen LogP contribution >= 0.6 is 0 Å². The molecular weight excluding hydrogens is 362 g/mol. The van der Waals surface area contributed by atoms with Crippen LogP contribution < -0.4 is 10.7 Å². The normalized spacial score (nSPS) is 17.3. The minimum absolute atomic E-state index is 0.0635. The number of hydrogen-bond donors (Lipinski definition) is 2. The van der Waals surface area contributed by atoms with E-state index in [1.807, 2.05) is 0 Å². The van der Waals surface area contributed by atoms with Crippen molar-refractivity contribution in [2.45, 2.75) is 19.4 Å². The standard InChI is InChI=1S/C20H21N3O5/c1-3-27-18(25)22-23(19(26)28-4-2)20(14-10-6-5-7-11-14)15-12-8-9-13-16(15)21-17(20)24/h5-13H,3-4H2,1-2H3,(H,21,24)(H,22,25)/t20-/m1/s1. The summed E-state index contributed by atoms with van der Waals surface area (Å²) < 4.78 is 10.1. The predicted molar refractivity (Wildman–Crippen MR) is 101 cm³/mol. The molecule has 8 nitrogen and oxygen atoms in total. The van der Waals surface area contributed by atoms with E-state index >= 15 is 0 Å². The molecule has 0 spiro atoms. The highest BCUT2D eigenvalue weighted by Crippen LogP contribution is 2.44. The Kier molecular flexibility index (Phi) is 5.49. The maximum absolute atomic E-state index is 13.3. The van der Waals surface area contributed by atoms with Crippen molar-refractivity contribution in [1.82, 2.24) is 10.4 Å². The summed E-state index contributed by atoms with van der Waals surface area (Å²) >= 11 is 0. The summed E-state index contributed by atoms with van der Waals surface area (Å²) in [4.78, 5) is 38.3. The van der Waals surface area contributed by atoms with Gasteiger partial charge >= 0.3 is 12.2 Å². The number of hydrazine groups is 1. The topological polar surface area (TPSA) is 97.0 Å². The third kappa shape index (κ3) is 3.13. The van der Waals surface area contributed by atoms with E-state index in [1.54, 1.807) is 68.4 Å². The largest absolute Gasteiger partial charge is 0.449 e. The molecule has 0 aromatic heterocycles. The number of rotatable bonds is 4. The van der Waals surface area contributed by atoms with Gasteiger partial charge in [-0.2, -0.15) is 5.01 Å². The van der Waals surface area contributed by atoms with Gasteiger partial charge in [-0.25, -0.2) is 15.0 Å².